The Kier molecular flexibility index (Phi) is 11.8. The molecule has 4 heterocycles. The summed E-state index contributed by atoms with van der Waals surface area (Å²) in [4.78, 5) is 42.0. The molecule has 3 saturated heterocycles. The van der Waals surface area contributed by atoms with Gasteiger partial charge < -0.3 is 19.6 Å². The van der Waals surface area contributed by atoms with Crippen molar-refractivity contribution in [2.75, 3.05) is 32.7 Å². The molecule has 1 aliphatic carbocycles. The zero-order chi connectivity index (χ0) is 32.8. The average molecular weight is 642 g/mol. The molecule has 4 aliphatic rings. The number of hydrogen-bond acceptors (Lipinski definition) is 6. The number of aromatic nitrogens is 2. The summed E-state index contributed by atoms with van der Waals surface area (Å²) in [5.74, 6) is -2.01. The van der Waals surface area contributed by atoms with Crippen LogP contribution in [0.5, 0.6) is 0 Å². The molecule has 13 heteroatoms. The van der Waals surface area contributed by atoms with Crippen molar-refractivity contribution in [1.82, 2.24) is 24.5 Å². The molecule has 1 unspecified atom stereocenters. The molecule has 45 heavy (non-hydrogen) atoms. The number of piperidine rings is 2. The normalized spacial score (nSPS) is 23.2. The molecule has 0 aromatic carbocycles. The van der Waals surface area contributed by atoms with E-state index in [-0.39, 0.29) is 23.6 Å². The maximum Gasteiger partial charge on any atom is 0.490 e. The van der Waals surface area contributed by atoms with E-state index in [0.29, 0.717) is 24.2 Å². The second kappa shape index (κ2) is 15.2. The number of hydrogen-bond donors (Lipinski definition) is 1. The lowest BCUT2D eigenvalue weighted by molar-refractivity contribution is -0.192. The summed E-state index contributed by atoms with van der Waals surface area (Å²) in [5.41, 5.74) is 1.29. The van der Waals surface area contributed by atoms with Crippen molar-refractivity contribution in [3.05, 3.63) is 17.5 Å². The van der Waals surface area contributed by atoms with Crippen molar-refractivity contribution >= 4 is 18.0 Å². The first kappa shape index (κ1) is 35.0. The lowest BCUT2D eigenvalue weighted by atomic mass is 9.80. The maximum absolute atomic E-state index is 13.2. The fourth-order valence-electron chi connectivity index (χ4n) is 7.64. The summed E-state index contributed by atoms with van der Waals surface area (Å²) >= 11 is 0. The van der Waals surface area contributed by atoms with Crippen LogP contribution in [0.2, 0.25) is 0 Å². The molecule has 1 aromatic rings. The molecular formula is C32H50F3N5O5. The number of alkyl halides is 3. The summed E-state index contributed by atoms with van der Waals surface area (Å²) in [7, 11) is 0. The SMILES string of the molecule is CCCCC1N(CC2CCCCC2)C(=O)OC12CCN(C1CCN(C(=O)c3cc(C)nn3CC)CC1)CC2.O=C(O)C(F)(F)F. The Bertz CT molecular complexity index is 1150. The number of likely N-dealkylation sites (tertiary alicyclic amines) is 2. The van der Waals surface area contributed by atoms with Crippen LogP contribution in [0.4, 0.5) is 18.0 Å². The van der Waals surface area contributed by atoms with Crippen LogP contribution >= 0.6 is 0 Å². The molecule has 5 rings (SSSR count). The van der Waals surface area contributed by atoms with Gasteiger partial charge in [0.1, 0.15) is 11.3 Å². The number of amides is 2. The van der Waals surface area contributed by atoms with E-state index < -0.39 is 12.1 Å². The standard InChI is InChI=1S/C30H49N5O3.C2HF3O2/c1-4-6-12-27-30(38-29(37)34(27)22-24-10-8-7-9-11-24)15-19-32(20-16-30)25-13-17-33(18-14-25)28(36)26-21-23(3)31-35(26)5-2;3-2(4,5)1(6)7/h21,24-25,27H,4-20,22H2,1-3H3;(H,6,7). The van der Waals surface area contributed by atoms with Crippen LogP contribution < -0.4 is 0 Å². The minimum atomic E-state index is -5.08. The van der Waals surface area contributed by atoms with Crippen LogP contribution in [-0.4, -0.2) is 104 Å². The highest BCUT2D eigenvalue weighted by atomic mass is 19.4. The monoisotopic (exact) mass is 641 g/mol. The van der Waals surface area contributed by atoms with Crippen molar-refractivity contribution in [1.29, 1.82) is 0 Å². The summed E-state index contributed by atoms with van der Waals surface area (Å²) < 4.78 is 39.9. The lowest BCUT2D eigenvalue weighted by Gasteiger charge is -2.46. The summed E-state index contributed by atoms with van der Waals surface area (Å²) in [5, 5.41) is 11.6. The van der Waals surface area contributed by atoms with Crippen LogP contribution in [0.25, 0.3) is 0 Å². The Morgan fingerprint density at radius 2 is 1.67 bits per heavy atom. The number of aryl methyl sites for hydroxylation is 2. The Balaban J connectivity index is 0.000000591. The van der Waals surface area contributed by atoms with E-state index in [1.807, 2.05) is 29.5 Å². The number of carboxylic acid groups (broad SMARTS) is 1. The number of carbonyl (C=O) groups is 3. The predicted molar refractivity (Wildman–Crippen MR) is 162 cm³/mol. The number of unbranched alkanes of at least 4 members (excludes halogenated alkanes) is 1. The fourth-order valence-corrected chi connectivity index (χ4v) is 7.64. The first-order valence-corrected chi connectivity index (χ1v) is 16.8. The van der Waals surface area contributed by atoms with Gasteiger partial charge in [0, 0.05) is 58.2 Å². The molecule has 1 saturated carbocycles. The van der Waals surface area contributed by atoms with E-state index in [4.69, 9.17) is 14.6 Å². The zero-order valence-corrected chi connectivity index (χ0v) is 27.0. The minimum absolute atomic E-state index is 0.0569. The highest BCUT2D eigenvalue weighted by molar-refractivity contribution is 5.92. The highest BCUT2D eigenvalue weighted by Gasteiger charge is 2.55. The first-order valence-electron chi connectivity index (χ1n) is 16.8. The molecule has 4 fully saturated rings. The average Bonchev–Trinajstić information content (AvgIpc) is 3.52. The number of carbonyl (C=O) groups excluding carboxylic acids is 2. The van der Waals surface area contributed by atoms with Gasteiger partial charge in [-0.05, 0) is 57.9 Å². The van der Waals surface area contributed by atoms with Crippen LogP contribution in [0, 0.1) is 12.8 Å². The lowest BCUT2D eigenvalue weighted by Crippen LogP contribution is -2.56. The van der Waals surface area contributed by atoms with Gasteiger partial charge in [-0.1, -0.05) is 39.0 Å². The predicted octanol–water partition coefficient (Wildman–Crippen LogP) is 5.88. The Morgan fingerprint density at radius 3 is 2.22 bits per heavy atom. The number of ether oxygens (including phenoxy) is 1. The van der Waals surface area contributed by atoms with Gasteiger partial charge in [-0.15, -0.1) is 0 Å². The Morgan fingerprint density at radius 1 is 1.04 bits per heavy atom. The molecule has 2 amide bonds. The molecule has 1 atom stereocenters. The highest BCUT2D eigenvalue weighted by Crippen LogP contribution is 2.43. The molecular weight excluding hydrogens is 591 g/mol. The molecule has 254 valence electrons. The summed E-state index contributed by atoms with van der Waals surface area (Å²) in [6.45, 7) is 11.4. The number of halogens is 3. The van der Waals surface area contributed by atoms with Crippen molar-refractivity contribution in [3.8, 4) is 0 Å². The van der Waals surface area contributed by atoms with Crippen LogP contribution in [0.15, 0.2) is 6.07 Å². The van der Waals surface area contributed by atoms with Gasteiger partial charge in [-0.2, -0.15) is 18.3 Å². The third-order valence-corrected chi connectivity index (χ3v) is 10.1. The van der Waals surface area contributed by atoms with E-state index in [2.05, 4.69) is 21.8 Å². The number of aliphatic carboxylic acids is 1. The molecule has 0 bridgehead atoms. The largest absolute Gasteiger partial charge is 0.490 e. The fraction of sp³-hybridized carbons (Fsp3) is 0.812. The maximum atomic E-state index is 13.2. The topological polar surface area (TPSA) is 108 Å². The van der Waals surface area contributed by atoms with Gasteiger partial charge in [0.25, 0.3) is 5.91 Å². The first-order chi connectivity index (χ1) is 21.4. The molecule has 0 radical (unpaired) electrons. The van der Waals surface area contributed by atoms with Crippen LogP contribution in [0.1, 0.15) is 107 Å². The van der Waals surface area contributed by atoms with E-state index in [1.54, 1.807) is 0 Å². The second-order valence-electron chi connectivity index (χ2n) is 13.1. The Labute approximate surface area is 264 Å². The van der Waals surface area contributed by atoms with Gasteiger partial charge in [-0.3, -0.25) is 14.4 Å². The van der Waals surface area contributed by atoms with Crippen molar-refractivity contribution in [2.45, 2.75) is 128 Å². The summed E-state index contributed by atoms with van der Waals surface area (Å²) in [6, 6.07) is 2.64. The molecule has 10 nitrogen and oxygen atoms in total. The second-order valence-corrected chi connectivity index (χ2v) is 13.1. The summed E-state index contributed by atoms with van der Waals surface area (Å²) in [6.07, 6.45) is 8.56. The number of rotatable bonds is 8. The van der Waals surface area contributed by atoms with Gasteiger partial charge in [0.15, 0.2) is 0 Å². The van der Waals surface area contributed by atoms with Crippen LogP contribution in [-0.2, 0) is 16.1 Å². The van der Waals surface area contributed by atoms with Crippen LogP contribution in [0.3, 0.4) is 0 Å². The van der Waals surface area contributed by atoms with Crippen molar-refractivity contribution < 1.29 is 37.4 Å². The third-order valence-electron chi connectivity index (χ3n) is 10.1. The Hall–Kier alpha value is -2.83. The zero-order valence-electron chi connectivity index (χ0n) is 27.0. The number of nitrogens with zero attached hydrogens (tertiary/aromatic N) is 5. The molecule has 1 N–H and O–H groups in total. The van der Waals surface area contributed by atoms with E-state index in [1.165, 1.54) is 32.1 Å². The van der Waals surface area contributed by atoms with Gasteiger partial charge >= 0.3 is 18.2 Å². The molecule has 1 spiro atoms. The van der Waals surface area contributed by atoms with Gasteiger partial charge in [0.2, 0.25) is 0 Å². The minimum Gasteiger partial charge on any atom is -0.475 e. The van der Waals surface area contributed by atoms with Gasteiger partial charge in [0.05, 0.1) is 11.7 Å². The third kappa shape index (κ3) is 8.51. The molecule has 1 aromatic heterocycles. The smallest absolute Gasteiger partial charge is 0.475 e. The van der Waals surface area contributed by atoms with E-state index >= 15 is 0 Å². The van der Waals surface area contributed by atoms with E-state index in [0.717, 1.165) is 83.4 Å². The molecule has 3 aliphatic heterocycles. The van der Waals surface area contributed by atoms with Gasteiger partial charge in [-0.25, -0.2) is 9.59 Å². The quantitative estimate of drug-likeness (QED) is 0.378. The van der Waals surface area contributed by atoms with Crippen molar-refractivity contribution in [3.63, 3.8) is 0 Å². The van der Waals surface area contributed by atoms with E-state index in [9.17, 15) is 22.8 Å². The number of carboxylic acids is 1. The van der Waals surface area contributed by atoms with Crippen molar-refractivity contribution in [2.24, 2.45) is 5.92 Å².